The number of nitriles is 2. The summed E-state index contributed by atoms with van der Waals surface area (Å²) in [5.41, 5.74) is 0.295. The lowest BCUT2D eigenvalue weighted by molar-refractivity contribution is 0.151. The topological polar surface area (TPSA) is 97.7 Å². The summed E-state index contributed by atoms with van der Waals surface area (Å²) in [5.74, 6) is 0. The Bertz CT molecular complexity index is 440. The van der Waals surface area contributed by atoms with Crippen molar-refractivity contribution in [2.24, 2.45) is 0 Å². The highest BCUT2D eigenvalue weighted by Crippen LogP contribution is 2.05. The Labute approximate surface area is 100 Å². The Balaban J connectivity index is 2.60. The lowest BCUT2D eigenvalue weighted by Crippen LogP contribution is -2.30. The summed E-state index contributed by atoms with van der Waals surface area (Å²) in [5, 5.41) is 30.4. The Hall–Kier alpha value is -1.89. The van der Waals surface area contributed by atoms with Crippen LogP contribution in [0.15, 0.2) is 6.33 Å². The minimum atomic E-state index is -0.602. The van der Waals surface area contributed by atoms with Crippen molar-refractivity contribution in [3.63, 3.8) is 0 Å². The van der Waals surface area contributed by atoms with Crippen molar-refractivity contribution in [1.82, 2.24) is 14.9 Å². The van der Waals surface area contributed by atoms with Crippen molar-refractivity contribution < 1.29 is 5.11 Å². The molecule has 1 aromatic rings. The van der Waals surface area contributed by atoms with Gasteiger partial charge in [-0.15, -0.1) is 0 Å². The smallest absolute Gasteiger partial charge is 0.176 e. The molecule has 1 heterocycles. The number of imidazole rings is 1. The molecule has 0 aromatic carbocycles. The zero-order chi connectivity index (χ0) is 12.7. The van der Waals surface area contributed by atoms with Gasteiger partial charge in [-0.05, 0) is 13.0 Å². The van der Waals surface area contributed by atoms with Crippen molar-refractivity contribution in [2.75, 3.05) is 13.1 Å². The summed E-state index contributed by atoms with van der Waals surface area (Å²) < 4.78 is 1.50. The Morgan fingerprint density at radius 1 is 1.53 bits per heavy atom. The molecule has 0 aliphatic rings. The van der Waals surface area contributed by atoms with Gasteiger partial charge < -0.3 is 15.0 Å². The van der Waals surface area contributed by atoms with Crippen LogP contribution in [0.25, 0.3) is 0 Å². The maximum absolute atomic E-state index is 9.73. The number of nitrogens with one attached hydrogen (secondary N) is 1. The molecule has 0 radical (unpaired) electrons. The van der Waals surface area contributed by atoms with E-state index < -0.39 is 6.10 Å². The van der Waals surface area contributed by atoms with E-state index in [2.05, 4.69) is 10.3 Å². The predicted molar refractivity (Wildman–Crippen MR) is 60.8 cm³/mol. The first kappa shape index (κ1) is 13.2. The van der Waals surface area contributed by atoms with Gasteiger partial charge in [0.1, 0.15) is 12.1 Å². The van der Waals surface area contributed by atoms with Crippen molar-refractivity contribution in [3.05, 3.63) is 17.7 Å². The molecule has 1 unspecified atom stereocenters. The highest BCUT2D eigenvalue weighted by molar-refractivity contribution is 5.36. The molecule has 1 aromatic heterocycles. The first-order valence-corrected chi connectivity index (χ1v) is 5.47. The van der Waals surface area contributed by atoms with Crippen LogP contribution >= 0.6 is 0 Å². The molecule has 0 saturated heterocycles. The maximum Gasteiger partial charge on any atom is 0.176 e. The summed E-state index contributed by atoms with van der Waals surface area (Å²) in [6.45, 7) is 3.60. The molecule has 17 heavy (non-hydrogen) atoms. The van der Waals surface area contributed by atoms with E-state index in [1.165, 1.54) is 10.9 Å². The molecule has 6 heteroatoms. The quantitative estimate of drug-likeness (QED) is 0.673. The fourth-order valence-corrected chi connectivity index (χ4v) is 1.46. The fraction of sp³-hybridized carbons (Fsp3) is 0.545. The molecule has 0 aliphatic carbocycles. The maximum atomic E-state index is 9.73. The second-order valence-electron chi connectivity index (χ2n) is 3.68. The van der Waals surface area contributed by atoms with Crippen LogP contribution < -0.4 is 5.32 Å². The summed E-state index contributed by atoms with van der Waals surface area (Å²) in [6.07, 6.45) is 1.80. The van der Waals surface area contributed by atoms with Crippen LogP contribution in [-0.4, -0.2) is 33.9 Å². The molecular weight excluding hydrogens is 218 g/mol. The van der Waals surface area contributed by atoms with Crippen molar-refractivity contribution in [2.45, 2.75) is 26.0 Å². The number of aliphatic hydroxyl groups excluding tert-OH is 1. The predicted octanol–water partition coefficient (Wildman–Crippen LogP) is -0.0130. The van der Waals surface area contributed by atoms with E-state index in [1.807, 2.05) is 19.1 Å². The average Bonchev–Trinajstić information content (AvgIpc) is 2.71. The summed E-state index contributed by atoms with van der Waals surface area (Å²) in [7, 11) is 0. The van der Waals surface area contributed by atoms with Gasteiger partial charge in [0.25, 0.3) is 0 Å². The van der Waals surface area contributed by atoms with Crippen LogP contribution in [0.1, 0.15) is 24.7 Å². The van der Waals surface area contributed by atoms with Gasteiger partial charge in [-0.3, -0.25) is 0 Å². The average molecular weight is 233 g/mol. The molecule has 2 N–H and O–H groups in total. The van der Waals surface area contributed by atoms with Gasteiger partial charge in [0, 0.05) is 6.54 Å². The Morgan fingerprint density at radius 3 is 2.88 bits per heavy atom. The SMILES string of the molecule is CCCNCC(O)Cn1cnc(C#N)c1C#N. The van der Waals surface area contributed by atoms with Crippen LogP contribution in [0.5, 0.6) is 0 Å². The number of hydrogen-bond acceptors (Lipinski definition) is 5. The summed E-state index contributed by atoms with van der Waals surface area (Å²) >= 11 is 0. The molecule has 1 atom stereocenters. The van der Waals surface area contributed by atoms with Crippen LogP contribution in [0.4, 0.5) is 0 Å². The summed E-state index contributed by atoms with van der Waals surface area (Å²) in [6, 6.07) is 3.75. The second-order valence-corrected chi connectivity index (χ2v) is 3.68. The third-order valence-corrected chi connectivity index (χ3v) is 2.26. The molecule has 1 rings (SSSR count). The summed E-state index contributed by atoms with van der Waals surface area (Å²) in [4.78, 5) is 3.80. The van der Waals surface area contributed by atoms with Crippen LogP contribution in [0.2, 0.25) is 0 Å². The molecule has 0 bridgehead atoms. The minimum Gasteiger partial charge on any atom is -0.390 e. The fourth-order valence-electron chi connectivity index (χ4n) is 1.46. The molecule has 0 saturated carbocycles. The van der Waals surface area contributed by atoms with E-state index >= 15 is 0 Å². The number of nitrogens with zero attached hydrogens (tertiary/aromatic N) is 4. The first-order valence-electron chi connectivity index (χ1n) is 5.47. The van der Waals surface area contributed by atoms with Gasteiger partial charge in [0.2, 0.25) is 0 Å². The van der Waals surface area contributed by atoms with Crippen LogP contribution in [0.3, 0.4) is 0 Å². The van der Waals surface area contributed by atoms with E-state index in [9.17, 15) is 5.11 Å². The van der Waals surface area contributed by atoms with Gasteiger partial charge in [-0.1, -0.05) is 6.92 Å². The highest BCUT2D eigenvalue weighted by atomic mass is 16.3. The Morgan fingerprint density at radius 2 is 2.29 bits per heavy atom. The van der Waals surface area contributed by atoms with E-state index in [4.69, 9.17) is 10.5 Å². The molecule has 6 nitrogen and oxygen atoms in total. The molecular formula is C11H15N5O. The van der Waals surface area contributed by atoms with Gasteiger partial charge in [-0.25, -0.2) is 4.98 Å². The molecule has 0 fully saturated rings. The van der Waals surface area contributed by atoms with Crippen molar-refractivity contribution in [3.8, 4) is 12.1 Å². The zero-order valence-electron chi connectivity index (χ0n) is 9.72. The first-order chi connectivity index (χ1) is 8.22. The monoisotopic (exact) mass is 233 g/mol. The van der Waals surface area contributed by atoms with E-state index in [-0.39, 0.29) is 17.9 Å². The molecule has 90 valence electrons. The number of rotatable bonds is 6. The van der Waals surface area contributed by atoms with E-state index in [0.29, 0.717) is 6.54 Å². The lowest BCUT2D eigenvalue weighted by atomic mass is 10.3. The number of aliphatic hydroxyl groups is 1. The van der Waals surface area contributed by atoms with Gasteiger partial charge in [-0.2, -0.15) is 10.5 Å². The largest absolute Gasteiger partial charge is 0.390 e. The third kappa shape index (κ3) is 3.56. The highest BCUT2D eigenvalue weighted by Gasteiger charge is 2.12. The number of hydrogen-bond donors (Lipinski definition) is 2. The van der Waals surface area contributed by atoms with E-state index in [1.54, 1.807) is 0 Å². The molecule has 0 aliphatic heterocycles. The standard InChI is InChI=1S/C11H15N5O/c1-2-3-14-6-9(17)7-16-8-15-10(4-12)11(16)5-13/h8-9,14,17H,2-3,6-7H2,1H3. The zero-order valence-corrected chi connectivity index (χ0v) is 9.72. The molecule has 0 amide bonds. The van der Waals surface area contributed by atoms with Gasteiger partial charge in [0.05, 0.1) is 19.0 Å². The van der Waals surface area contributed by atoms with Crippen LogP contribution in [-0.2, 0) is 6.54 Å². The van der Waals surface area contributed by atoms with Gasteiger partial charge >= 0.3 is 0 Å². The van der Waals surface area contributed by atoms with Crippen LogP contribution in [0, 0.1) is 22.7 Å². The second kappa shape index (κ2) is 6.64. The molecule has 0 spiro atoms. The lowest BCUT2D eigenvalue weighted by Gasteiger charge is -2.12. The van der Waals surface area contributed by atoms with Crippen molar-refractivity contribution in [1.29, 1.82) is 10.5 Å². The van der Waals surface area contributed by atoms with E-state index in [0.717, 1.165) is 13.0 Å². The Kier molecular flexibility index (Phi) is 5.15. The minimum absolute atomic E-state index is 0.0983. The third-order valence-electron chi connectivity index (χ3n) is 2.26. The van der Waals surface area contributed by atoms with Gasteiger partial charge in [0.15, 0.2) is 11.4 Å². The number of aromatic nitrogens is 2. The van der Waals surface area contributed by atoms with Crippen molar-refractivity contribution >= 4 is 0 Å². The normalized spacial score (nSPS) is 11.8.